The number of para-hydroxylation sites is 1. The number of halogens is 1. The van der Waals surface area contributed by atoms with Gasteiger partial charge in [0.25, 0.3) is 0 Å². The largest absolute Gasteiger partial charge is 0.444 e. The Labute approximate surface area is 150 Å². The average molecular weight is 390 g/mol. The molecule has 2 rings (SSSR count). The van der Waals surface area contributed by atoms with Crippen LogP contribution < -0.4 is 4.90 Å². The van der Waals surface area contributed by atoms with E-state index in [1.54, 1.807) is 0 Å². The summed E-state index contributed by atoms with van der Waals surface area (Å²) in [6.45, 7) is 2.43. The van der Waals surface area contributed by atoms with E-state index < -0.39 is 6.09 Å². The molecule has 126 valence electrons. The van der Waals surface area contributed by atoms with Crippen molar-refractivity contribution in [2.24, 2.45) is 0 Å². The summed E-state index contributed by atoms with van der Waals surface area (Å²) in [4.78, 5) is 25.7. The van der Waals surface area contributed by atoms with Crippen LogP contribution in [0.15, 0.2) is 54.6 Å². The molecule has 0 aliphatic rings. The van der Waals surface area contributed by atoms with Gasteiger partial charge in [0.1, 0.15) is 12.4 Å². The van der Waals surface area contributed by atoms with Crippen molar-refractivity contribution in [3.63, 3.8) is 0 Å². The fourth-order valence-electron chi connectivity index (χ4n) is 2.28. The van der Waals surface area contributed by atoms with Crippen molar-refractivity contribution in [3.8, 4) is 0 Å². The Morgan fingerprint density at radius 1 is 1.04 bits per heavy atom. The fourth-order valence-corrected chi connectivity index (χ4v) is 2.56. The van der Waals surface area contributed by atoms with Gasteiger partial charge in [0, 0.05) is 18.7 Å². The molecule has 4 nitrogen and oxygen atoms in total. The van der Waals surface area contributed by atoms with Crippen molar-refractivity contribution in [3.05, 3.63) is 65.7 Å². The molecule has 0 aliphatic heterocycles. The highest BCUT2D eigenvalue weighted by Gasteiger charge is 2.19. The number of hydrogen-bond donors (Lipinski definition) is 0. The summed E-state index contributed by atoms with van der Waals surface area (Å²) in [5.41, 5.74) is 2.64. The van der Waals surface area contributed by atoms with Crippen LogP contribution in [0, 0.1) is 6.92 Å². The first-order chi connectivity index (χ1) is 11.6. The van der Waals surface area contributed by atoms with Crippen molar-refractivity contribution < 1.29 is 14.3 Å². The number of rotatable bonds is 7. The molecule has 2 aromatic carbocycles. The van der Waals surface area contributed by atoms with Crippen molar-refractivity contribution in [1.29, 1.82) is 0 Å². The maximum absolute atomic E-state index is 12.6. The number of benzene rings is 2. The fraction of sp³-hybridized carbons (Fsp3) is 0.263. The molecule has 0 aliphatic carbocycles. The molecular formula is C19H20BrNO3. The van der Waals surface area contributed by atoms with Crippen LogP contribution in [0.1, 0.15) is 17.5 Å². The third-order valence-corrected chi connectivity index (χ3v) is 4.22. The van der Waals surface area contributed by atoms with E-state index in [4.69, 9.17) is 4.74 Å². The van der Waals surface area contributed by atoms with E-state index >= 15 is 0 Å². The lowest BCUT2D eigenvalue weighted by atomic mass is 10.1. The van der Waals surface area contributed by atoms with E-state index in [1.807, 2.05) is 61.5 Å². The minimum atomic E-state index is -0.449. The Balaban J connectivity index is 2.10. The van der Waals surface area contributed by atoms with Gasteiger partial charge in [0.2, 0.25) is 0 Å². The molecule has 0 N–H and O–H groups in total. The van der Waals surface area contributed by atoms with Crippen molar-refractivity contribution in [1.82, 2.24) is 0 Å². The monoisotopic (exact) mass is 389 g/mol. The van der Waals surface area contributed by atoms with Gasteiger partial charge in [-0.25, -0.2) is 4.79 Å². The molecule has 0 bridgehead atoms. The lowest BCUT2D eigenvalue weighted by Gasteiger charge is -2.23. The van der Waals surface area contributed by atoms with E-state index in [0.717, 1.165) is 16.8 Å². The molecular weight excluding hydrogens is 370 g/mol. The Morgan fingerprint density at radius 2 is 1.71 bits per heavy atom. The minimum absolute atomic E-state index is 0.0458. The number of Topliss-reactive ketones (excluding diaryl/α,β-unsaturated/α-hetero) is 1. The number of alkyl halides is 1. The summed E-state index contributed by atoms with van der Waals surface area (Å²) >= 11 is 3.15. The predicted octanol–water partition coefficient (Wildman–Crippen LogP) is 4.49. The first-order valence-corrected chi connectivity index (χ1v) is 8.85. The Morgan fingerprint density at radius 3 is 2.38 bits per heavy atom. The first kappa shape index (κ1) is 18.2. The SMILES string of the molecule is Cc1ccccc1N(CCC(=O)CBr)C(=O)OCc1ccccc1. The van der Waals surface area contributed by atoms with Gasteiger partial charge in [0.05, 0.1) is 5.33 Å². The molecule has 24 heavy (non-hydrogen) atoms. The summed E-state index contributed by atoms with van der Waals surface area (Å²) in [6.07, 6.45) is -0.171. The lowest BCUT2D eigenvalue weighted by molar-refractivity contribution is -0.116. The number of carbonyl (C=O) groups excluding carboxylic acids is 2. The van der Waals surface area contributed by atoms with Crippen molar-refractivity contribution in [2.45, 2.75) is 20.0 Å². The van der Waals surface area contributed by atoms with Gasteiger partial charge in [-0.1, -0.05) is 64.5 Å². The Kier molecular flexibility index (Phi) is 7.00. The molecule has 0 saturated carbocycles. The second kappa shape index (κ2) is 9.23. The van der Waals surface area contributed by atoms with Crippen LogP contribution in [0.2, 0.25) is 0 Å². The van der Waals surface area contributed by atoms with Gasteiger partial charge < -0.3 is 4.74 Å². The molecule has 1 amide bonds. The van der Waals surface area contributed by atoms with Crippen molar-refractivity contribution in [2.75, 3.05) is 16.8 Å². The van der Waals surface area contributed by atoms with Gasteiger partial charge >= 0.3 is 6.09 Å². The summed E-state index contributed by atoms with van der Waals surface area (Å²) in [5, 5.41) is 0.285. The zero-order valence-corrected chi connectivity index (χ0v) is 15.2. The van der Waals surface area contributed by atoms with Gasteiger partial charge in [-0.15, -0.1) is 0 Å². The van der Waals surface area contributed by atoms with Gasteiger partial charge in [-0.05, 0) is 24.1 Å². The van der Waals surface area contributed by atoms with Crippen LogP contribution in [0.3, 0.4) is 0 Å². The number of carbonyl (C=O) groups is 2. The number of hydrogen-bond acceptors (Lipinski definition) is 3. The number of nitrogens with zero attached hydrogens (tertiary/aromatic N) is 1. The summed E-state index contributed by atoms with van der Waals surface area (Å²) in [6, 6.07) is 17.1. The van der Waals surface area contributed by atoms with Crippen molar-refractivity contribution >= 4 is 33.5 Å². The minimum Gasteiger partial charge on any atom is -0.444 e. The first-order valence-electron chi connectivity index (χ1n) is 7.73. The molecule has 0 spiro atoms. The Bertz CT molecular complexity index is 688. The van der Waals surface area contributed by atoms with E-state index in [2.05, 4.69) is 15.9 Å². The number of ketones is 1. The van der Waals surface area contributed by atoms with E-state index in [9.17, 15) is 9.59 Å². The van der Waals surface area contributed by atoms with E-state index in [0.29, 0.717) is 6.54 Å². The molecule has 2 aromatic rings. The molecule has 0 unspecified atom stereocenters. The van der Waals surface area contributed by atoms with E-state index in [1.165, 1.54) is 4.90 Å². The van der Waals surface area contributed by atoms with Crippen LogP contribution in [0.5, 0.6) is 0 Å². The zero-order chi connectivity index (χ0) is 17.4. The number of amides is 1. The zero-order valence-electron chi connectivity index (χ0n) is 13.6. The molecule has 0 atom stereocenters. The predicted molar refractivity (Wildman–Crippen MR) is 98.6 cm³/mol. The third kappa shape index (κ3) is 5.20. The normalized spacial score (nSPS) is 10.2. The Hall–Kier alpha value is -2.14. The second-order valence-electron chi connectivity index (χ2n) is 5.40. The smallest absolute Gasteiger partial charge is 0.414 e. The third-order valence-electron chi connectivity index (χ3n) is 3.60. The van der Waals surface area contributed by atoms with Crippen LogP contribution in [0.25, 0.3) is 0 Å². The highest BCUT2D eigenvalue weighted by molar-refractivity contribution is 9.09. The summed E-state index contributed by atoms with van der Waals surface area (Å²) in [5.74, 6) is 0.0458. The highest BCUT2D eigenvalue weighted by atomic mass is 79.9. The number of aryl methyl sites for hydroxylation is 1. The van der Waals surface area contributed by atoms with Gasteiger partial charge in [-0.3, -0.25) is 9.69 Å². The number of ether oxygens (including phenoxy) is 1. The van der Waals surface area contributed by atoms with Crippen LogP contribution in [-0.2, 0) is 16.1 Å². The lowest BCUT2D eigenvalue weighted by Crippen LogP contribution is -2.34. The van der Waals surface area contributed by atoms with Crippen LogP contribution in [0.4, 0.5) is 10.5 Å². The standard InChI is InChI=1S/C19H20BrNO3/c1-15-7-5-6-10-18(15)21(12-11-17(22)13-20)19(23)24-14-16-8-3-2-4-9-16/h2-10H,11-14H2,1H3. The molecule has 0 fully saturated rings. The molecule has 5 heteroatoms. The molecule has 0 aromatic heterocycles. The number of anilines is 1. The van der Waals surface area contributed by atoms with Gasteiger partial charge in [0.15, 0.2) is 0 Å². The molecule has 0 radical (unpaired) electrons. The highest BCUT2D eigenvalue weighted by Crippen LogP contribution is 2.21. The summed E-state index contributed by atoms with van der Waals surface area (Å²) < 4.78 is 5.43. The van der Waals surface area contributed by atoms with Crippen LogP contribution in [-0.4, -0.2) is 23.8 Å². The molecule has 0 saturated heterocycles. The quantitative estimate of drug-likeness (QED) is 0.655. The van der Waals surface area contributed by atoms with Crippen LogP contribution >= 0.6 is 15.9 Å². The average Bonchev–Trinajstić information content (AvgIpc) is 2.62. The topological polar surface area (TPSA) is 46.6 Å². The second-order valence-corrected chi connectivity index (χ2v) is 5.96. The maximum atomic E-state index is 12.6. The van der Waals surface area contributed by atoms with Gasteiger partial charge in [-0.2, -0.15) is 0 Å². The molecule has 0 heterocycles. The van der Waals surface area contributed by atoms with E-state index in [-0.39, 0.29) is 24.1 Å². The summed E-state index contributed by atoms with van der Waals surface area (Å²) in [7, 11) is 0. The maximum Gasteiger partial charge on any atom is 0.414 e.